The van der Waals surface area contributed by atoms with Gasteiger partial charge in [0.1, 0.15) is 0 Å². The van der Waals surface area contributed by atoms with Crippen LogP contribution in [0.15, 0.2) is 24.4 Å². The summed E-state index contributed by atoms with van der Waals surface area (Å²) in [7, 11) is 0. The van der Waals surface area contributed by atoms with E-state index in [1.165, 1.54) is 12.8 Å². The van der Waals surface area contributed by atoms with E-state index in [9.17, 15) is 4.79 Å². The van der Waals surface area contributed by atoms with Gasteiger partial charge in [0, 0.05) is 6.20 Å². The van der Waals surface area contributed by atoms with Crippen LogP contribution in [0, 0.1) is 5.92 Å². The Morgan fingerprint density at radius 2 is 2.05 bits per heavy atom. The maximum absolute atomic E-state index is 12.1. The number of aromatic nitrogens is 1. The molecule has 2 rings (SSSR count). The fourth-order valence-corrected chi connectivity index (χ4v) is 2.65. The lowest BCUT2D eigenvalue weighted by Gasteiger charge is -2.25. The van der Waals surface area contributed by atoms with Crippen molar-refractivity contribution in [1.29, 1.82) is 0 Å². The van der Waals surface area contributed by atoms with E-state index >= 15 is 0 Å². The number of carbonyl (C=O) groups excluding carboxylic acids is 1. The predicted octanol–water partition coefficient (Wildman–Crippen LogP) is 3.34. The van der Waals surface area contributed by atoms with Crippen molar-refractivity contribution in [2.75, 3.05) is 0 Å². The molecule has 1 unspecified atom stereocenters. The topological polar surface area (TPSA) is 63.2 Å². The van der Waals surface area contributed by atoms with Gasteiger partial charge < -0.3 is 5.32 Å². The first kappa shape index (κ1) is 15.8. The van der Waals surface area contributed by atoms with Crippen LogP contribution in [0.25, 0.3) is 0 Å². The Bertz CT molecular complexity index is 450. The van der Waals surface area contributed by atoms with Gasteiger partial charge in [0.05, 0.1) is 17.3 Å². The average Bonchev–Trinajstić information content (AvgIpc) is 2.96. The molecule has 1 atom stereocenters. The zero-order chi connectivity index (χ0) is 15.3. The molecular weight excluding hydrogens is 266 g/mol. The lowest BCUT2D eigenvalue weighted by Crippen LogP contribution is -2.43. The number of hydrogen-bond donors (Lipinski definition) is 2. The monoisotopic (exact) mass is 291 g/mol. The molecule has 1 fully saturated rings. The van der Waals surface area contributed by atoms with Crippen LogP contribution in [0.2, 0.25) is 0 Å². The molecule has 0 aromatic carbocycles. The van der Waals surface area contributed by atoms with E-state index in [1.807, 2.05) is 39.0 Å². The zero-order valence-corrected chi connectivity index (χ0v) is 13.1. The van der Waals surface area contributed by atoms with Crippen LogP contribution in [-0.2, 0) is 4.84 Å². The van der Waals surface area contributed by atoms with Crippen LogP contribution in [0.4, 0.5) is 4.79 Å². The van der Waals surface area contributed by atoms with Gasteiger partial charge in [-0.1, -0.05) is 18.9 Å². The number of nitrogens with zero attached hydrogens (tertiary/aromatic N) is 1. The molecule has 0 radical (unpaired) electrons. The second-order valence-corrected chi connectivity index (χ2v) is 6.57. The molecular formula is C16H25N3O2. The average molecular weight is 291 g/mol. The van der Waals surface area contributed by atoms with E-state index in [2.05, 4.69) is 15.8 Å². The molecule has 5 heteroatoms. The molecule has 0 spiro atoms. The molecule has 1 aliphatic rings. The third-order valence-electron chi connectivity index (χ3n) is 3.61. The SMILES string of the molecule is CC(C)(C)ONC(=O)NC(c1ccccn1)C1CCCC1. The Labute approximate surface area is 126 Å². The number of hydroxylamine groups is 1. The van der Waals surface area contributed by atoms with Crippen molar-refractivity contribution in [1.82, 2.24) is 15.8 Å². The van der Waals surface area contributed by atoms with E-state index in [0.717, 1.165) is 18.5 Å². The molecule has 116 valence electrons. The fourth-order valence-electron chi connectivity index (χ4n) is 2.65. The molecule has 1 saturated carbocycles. The van der Waals surface area contributed by atoms with Gasteiger partial charge in [0.2, 0.25) is 0 Å². The molecule has 1 heterocycles. The summed E-state index contributed by atoms with van der Waals surface area (Å²) in [5.74, 6) is 0.445. The van der Waals surface area contributed by atoms with E-state index in [1.54, 1.807) is 6.20 Å². The van der Waals surface area contributed by atoms with E-state index in [0.29, 0.717) is 5.92 Å². The Morgan fingerprint density at radius 3 is 2.62 bits per heavy atom. The summed E-state index contributed by atoms with van der Waals surface area (Å²) >= 11 is 0. The van der Waals surface area contributed by atoms with Crippen LogP contribution in [0.3, 0.4) is 0 Å². The Balaban J connectivity index is 2.01. The first-order chi connectivity index (χ1) is 9.96. The first-order valence-corrected chi connectivity index (χ1v) is 7.61. The third kappa shape index (κ3) is 5.01. The number of rotatable bonds is 4. The molecule has 1 aliphatic carbocycles. The Kier molecular flexibility index (Phi) is 5.17. The third-order valence-corrected chi connectivity index (χ3v) is 3.61. The Morgan fingerprint density at radius 1 is 1.33 bits per heavy atom. The maximum atomic E-state index is 12.1. The van der Waals surface area contributed by atoms with Crippen molar-refractivity contribution >= 4 is 6.03 Å². The minimum Gasteiger partial charge on any atom is -0.328 e. The Hall–Kier alpha value is -1.62. The van der Waals surface area contributed by atoms with Crippen LogP contribution >= 0.6 is 0 Å². The van der Waals surface area contributed by atoms with Gasteiger partial charge in [0.25, 0.3) is 0 Å². The summed E-state index contributed by atoms with van der Waals surface area (Å²) in [6.07, 6.45) is 6.46. The van der Waals surface area contributed by atoms with Crippen molar-refractivity contribution < 1.29 is 9.63 Å². The van der Waals surface area contributed by atoms with Crippen LogP contribution in [0.1, 0.15) is 58.2 Å². The van der Waals surface area contributed by atoms with Crippen molar-refractivity contribution in [3.63, 3.8) is 0 Å². The van der Waals surface area contributed by atoms with Gasteiger partial charge in [-0.2, -0.15) is 0 Å². The fraction of sp³-hybridized carbons (Fsp3) is 0.625. The largest absolute Gasteiger partial charge is 0.339 e. The van der Waals surface area contributed by atoms with E-state index in [4.69, 9.17) is 4.84 Å². The smallest absolute Gasteiger partial charge is 0.328 e. The highest BCUT2D eigenvalue weighted by Gasteiger charge is 2.28. The molecule has 1 aromatic heterocycles. The first-order valence-electron chi connectivity index (χ1n) is 7.61. The van der Waals surface area contributed by atoms with Crippen molar-refractivity contribution in [3.05, 3.63) is 30.1 Å². The molecule has 5 nitrogen and oxygen atoms in total. The second-order valence-electron chi connectivity index (χ2n) is 6.57. The summed E-state index contributed by atoms with van der Waals surface area (Å²) < 4.78 is 0. The van der Waals surface area contributed by atoms with Gasteiger partial charge in [-0.05, 0) is 51.7 Å². The molecule has 0 saturated heterocycles. The highest BCUT2D eigenvalue weighted by Crippen LogP contribution is 2.34. The minimum atomic E-state index is -0.412. The van der Waals surface area contributed by atoms with Crippen molar-refractivity contribution in [2.45, 2.75) is 58.1 Å². The van der Waals surface area contributed by atoms with Crippen LogP contribution in [-0.4, -0.2) is 16.6 Å². The van der Waals surface area contributed by atoms with Gasteiger partial charge >= 0.3 is 6.03 Å². The highest BCUT2D eigenvalue weighted by molar-refractivity contribution is 5.73. The second kappa shape index (κ2) is 6.89. The summed E-state index contributed by atoms with van der Waals surface area (Å²) in [4.78, 5) is 21.8. The van der Waals surface area contributed by atoms with Crippen LogP contribution in [0.5, 0.6) is 0 Å². The van der Waals surface area contributed by atoms with Gasteiger partial charge in [-0.15, -0.1) is 0 Å². The van der Waals surface area contributed by atoms with Gasteiger partial charge in [-0.25, -0.2) is 10.3 Å². The molecule has 2 N–H and O–H groups in total. The number of urea groups is 1. The molecule has 21 heavy (non-hydrogen) atoms. The highest BCUT2D eigenvalue weighted by atomic mass is 16.7. The van der Waals surface area contributed by atoms with Crippen molar-refractivity contribution in [3.8, 4) is 0 Å². The molecule has 0 bridgehead atoms. The summed E-state index contributed by atoms with van der Waals surface area (Å²) in [6.45, 7) is 5.67. The predicted molar refractivity (Wildman–Crippen MR) is 81.4 cm³/mol. The quantitative estimate of drug-likeness (QED) is 0.836. The molecule has 2 amide bonds. The summed E-state index contributed by atoms with van der Waals surface area (Å²) in [6, 6.07) is 5.44. The van der Waals surface area contributed by atoms with Gasteiger partial charge in [-0.3, -0.25) is 9.82 Å². The lowest BCUT2D eigenvalue weighted by atomic mass is 9.95. The summed E-state index contributed by atoms with van der Waals surface area (Å²) in [5.41, 5.74) is 2.97. The van der Waals surface area contributed by atoms with Gasteiger partial charge in [0.15, 0.2) is 0 Å². The number of pyridine rings is 1. The lowest BCUT2D eigenvalue weighted by molar-refractivity contribution is -0.0535. The van der Waals surface area contributed by atoms with E-state index < -0.39 is 5.60 Å². The molecule has 0 aliphatic heterocycles. The number of hydrogen-bond acceptors (Lipinski definition) is 3. The van der Waals surface area contributed by atoms with Crippen molar-refractivity contribution in [2.24, 2.45) is 5.92 Å². The standard InChI is InChI=1S/C16H25N3O2/c1-16(2,3)21-19-15(20)18-14(12-8-4-5-9-12)13-10-6-7-11-17-13/h6-7,10-12,14H,4-5,8-9H2,1-3H3,(H2,18,19,20). The van der Waals surface area contributed by atoms with Crippen LogP contribution < -0.4 is 10.8 Å². The molecule has 1 aromatic rings. The number of amides is 2. The minimum absolute atomic E-state index is 0.0581. The number of carbonyl (C=O) groups is 1. The summed E-state index contributed by atoms with van der Waals surface area (Å²) in [5, 5.41) is 3.01. The van der Waals surface area contributed by atoms with E-state index in [-0.39, 0.29) is 12.1 Å². The zero-order valence-electron chi connectivity index (χ0n) is 13.1. The normalized spacial score (nSPS) is 17.5. The number of nitrogens with one attached hydrogen (secondary N) is 2. The maximum Gasteiger partial charge on any atom is 0.339 e.